The molecule has 2 aromatic rings. The Balaban J connectivity index is 1.72. The van der Waals surface area contributed by atoms with Crippen LogP contribution in [0.1, 0.15) is 32.6 Å². The number of carbonyl (C=O) groups is 1. The van der Waals surface area contributed by atoms with Crippen LogP contribution in [0, 0.1) is 5.92 Å². The van der Waals surface area contributed by atoms with Crippen LogP contribution in [0.2, 0.25) is 5.02 Å². The van der Waals surface area contributed by atoms with Crippen molar-refractivity contribution in [2.45, 2.75) is 32.6 Å². The molecule has 1 aliphatic rings. The fraction of sp³-hybridized carbons (Fsp3) is 0.562. The maximum absolute atomic E-state index is 12.3. The molecule has 1 atom stereocenters. The van der Waals surface area contributed by atoms with Crippen LogP contribution in [0.5, 0.6) is 0 Å². The second-order valence-electron chi connectivity index (χ2n) is 6.01. The van der Waals surface area contributed by atoms with Crippen molar-refractivity contribution < 1.29 is 4.79 Å². The minimum absolute atomic E-state index is 0.00661. The summed E-state index contributed by atoms with van der Waals surface area (Å²) in [5.74, 6) is 0.913. The molecule has 3 heterocycles. The van der Waals surface area contributed by atoms with Crippen LogP contribution in [0.15, 0.2) is 18.3 Å². The Labute approximate surface area is 140 Å². The monoisotopic (exact) mass is 335 g/mol. The molecule has 0 aliphatic carbocycles. The third-order valence-electron chi connectivity index (χ3n) is 4.25. The van der Waals surface area contributed by atoms with E-state index in [4.69, 9.17) is 11.6 Å². The summed E-state index contributed by atoms with van der Waals surface area (Å²) in [6.45, 7) is 4.43. The van der Waals surface area contributed by atoms with Gasteiger partial charge in [0.2, 0.25) is 11.9 Å². The number of anilines is 1. The van der Waals surface area contributed by atoms with Gasteiger partial charge in [-0.15, -0.1) is 10.2 Å². The van der Waals surface area contributed by atoms with E-state index in [2.05, 4.69) is 27.3 Å². The summed E-state index contributed by atoms with van der Waals surface area (Å²) in [4.78, 5) is 14.4. The van der Waals surface area contributed by atoms with Crippen LogP contribution in [0.4, 0.5) is 5.95 Å². The first-order valence-corrected chi connectivity index (χ1v) is 8.59. The molecule has 2 aromatic heterocycles. The van der Waals surface area contributed by atoms with E-state index >= 15 is 0 Å². The average molecular weight is 336 g/mol. The maximum Gasteiger partial charge on any atom is 0.231 e. The standard InChI is InChI=1S/C16H22ClN5O/c1-2-3-8-18-15(23)12-5-4-9-21(10-12)16-20-19-14-7-6-13(17)11-22(14)16/h6-7,11-12H,2-5,8-10H2,1H3,(H,18,23). The van der Waals surface area contributed by atoms with Crippen LogP contribution in [0.3, 0.4) is 0 Å². The van der Waals surface area contributed by atoms with Gasteiger partial charge in [0.25, 0.3) is 0 Å². The van der Waals surface area contributed by atoms with Gasteiger partial charge in [0, 0.05) is 25.8 Å². The van der Waals surface area contributed by atoms with E-state index in [1.54, 1.807) is 6.07 Å². The molecule has 1 saturated heterocycles. The summed E-state index contributed by atoms with van der Waals surface area (Å²) >= 11 is 6.08. The molecule has 23 heavy (non-hydrogen) atoms. The number of aromatic nitrogens is 3. The number of unbranched alkanes of at least 4 members (excludes halogenated alkanes) is 1. The highest BCUT2D eigenvalue weighted by molar-refractivity contribution is 6.30. The summed E-state index contributed by atoms with van der Waals surface area (Å²) in [6.07, 6.45) is 5.82. The molecule has 1 amide bonds. The second-order valence-corrected chi connectivity index (χ2v) is 6.44. The summed E-state index contributed by atoms with van der Waals surface area (Å²) < 4.78 is 1.89. The minimum Gasteiger partial charge on any atom is -0.356 e. The lowest BCUT2D eigenvalue weighted by molar-refractivity contribution is -0.125. The molecule has 0 bridgehead atoms. The number of amides is 1. The lowest BCUT2D eigenvalue weighted by Crippen LogP contribution is -2.44. The highest BCUT2D eigenvalue weighted by Crippen LogP contribution is 2.23. The number of nitrogens with one attached hydrogen (secondary N) is 1. The molecule has 1 unspecified atom stereocenters. The lowest BCUT2D eigenvalue weighted by atomic mass is 9.97. The summed E-state index contributed by atoms with van der Waals surface area (Å²) in [7, 11) is 0. The highest BCUT2D eigenvalue weighted by Gasteiger charge is 2.27. The first kappa shape index (κ1) is 16.1. The Morgan fingerprint density at radius 3 is 3.13 bits per heavy atom. The fourth-order valence-corrected chi connectivity index (χ4v) is 3.13. The van der Waals surface area contributed by atoms with Gasteiger partial charge in [0.05, 0.1) is 10.9 Å². The third kappa shape index (κ3) is 3.58. The van der Waals surface area contributed by atoms with Crippen molar-refractivity contribution >= 4 is 29.1 Å². The molecule has 0 spiro atoms. The van der Waals surface area contributed by atoms with Gasteiger partial charge in [-0.2, -0.15) is 0 Å². The summed E-state index contributed by atoms with van der Waals surface area (Å²) in [5.41, 5.74) is 0.763. The molecule has 0 saturated carbocycles. The van der Waals surface area contributed by atoms with Crippen molar-refractivity contribution in [3.8, 4) is 0 Å². The zero-order valence-corrected chi connectivity index (χ0v) is 14.1. The van der Waals surface area contributed by atoms with Gasteiger partial charge < -0.3 is 10.2 Å². The lowest BCUT2D eigenvalue weighted by Gasteiger charge is -2.32. The molecule has 0 aromatic carbocycles. The topological polar surface area (TPSA) is 62.5 Å². The third-order valence-corrected chi connectivity index (χ3v) is 4.48. The number of rotatable bonds is 5. The van der Waals surface area contributed by atoms with Gasteiger partial charge in [0.1, 0.15) is 0 Å². The van der Waals surface area contributed by atoms with E-state index in [0.717, 1.165) is 50.4 Å². The van der Waals surface area contributed by atoms with E-state index < -0.39 is 0 Å². The predicted molar refractivity (Wildman–Crippen MR) is 90.9 cm³/mol. The van der Waals surface area contributed by atoms with Gasteiger partial charge in [-0.25, -0.2) is 0 Å². The SMILES string of the molecule is CCCCNC(=O)C1CCCN(c2nnc3ccc(Cl)cn23)C1. The van der Waals surface area contributed by atoms with Gasteiger partial charge in [-0.05, 0) is 31.4 Å². The average Bonchev–Trinajstić information content (AvgIpc) is 2.98. The number of halogens is 1. The van der Waals surface area contributed by atoms with E-state index in [1.165, 1.54) is 0 Å². The van der Waals surface area contributed by atoms with Crippen molar-refractivity contribution in [2.75, 3.05) is 24.5 Å². The van der Waals surface area contributed by atoms with E-state index in [0.29, 0.717) is 11.6 Å². The second kappa shape index (κ2) is 7.17. The van der Waals surface area contributed by atoms with Crippen LogP contribution >= 0.6 is 11.6 Å². The van der Waals surface area contributed by atoms with E-state index in [-0.39, 0.29) is 11.8 Å². The number of fused-ring (bicyclic) bond motifs is 1. The molecule has 6 nitrogen and oxygen atoms in total. The van der Waals surface area contributed by atoms with Crippen LogP contribution in [0.25, 0.3) is 5.65 Å². The largest absolute Gasteiger partial charge is 0.356 e. The molecule has 1 aliphatic heterocycles. The Hall–Kier alpha value is -1.82. The van der Waals surface area contributed by atoms with Crippen LogP contribution < -0.4 is 10.2 Å². The van der Waals surface area contributed by atoms with Crippen LogP contribution in [-0.2, 0) is 4.79 Å². The van der Waals surface area contributed by atoms with Gasteiger partial charge in [0.15, 0.2) is 5.65 Å². The number of hydrogen-bond acceptors (Lipinski definition) is 4. The predicted octanol–water partition coefficient (Wildman–Crippen LogP) is 2.52. The Morgan fingerprint density at radius 2 is 2.30 bits per heavy atom. The number of pyridine rings is 1. The highest BCUT2D eigenvalue weighted by atomic mass is 35.5. The molecule has 7 heteroatoms. The maximum atomic E-state index is 12.3. The van der Waals surface area contributed by atoms with Crippen molar-refractivity contribution in [3.63, 3.8) is 0 Å². The molecular weight excluding hydrogens is 314 g/mol. The van der Waals surface area contributed by atoms with Crippen molar-refractivity contribution in [3.05, 3.63) is 23.4 Å². The molecule has 0 radical (unpaired) electrons. The van der Waals surface area contributed by atoms with E-state index in [9.17, 15) is 4.79 Å². The molecule has 1 N–H and O–H groups in total. The first-order chi connectivity index (χ1) is 11.2. The quantitative estimate of drug-likeness (QED) is 0.853. The summed E-state index contributed by atoms with van der Waals surface area (Å²) in [5, 5.41) is 12.1. The Morgan fingerprint density at radius 1 is 1.43 bits per heavy atom. The molecule has 1 fully saturated rings. The molecule has 124 valence electrons. The number of nitrogens with zero attached hydrogens (tertiary/aromatic N) is 4. The van der Waals surface area contributed by atoms with E-state index in [1.807, 2.05) is 16.7 Å². The smallest absolute Gasteiger partial charge is 0.231 e. The van der Waals surface area contributed by atoms with Crippen molar-refractivity contribution in [2.24, 2.45) is 5.92 Å². The fourth-order valence-electron chi connectivity index (χ4n) is 2.97. The Bertz CT molecular complexity index is 686. The Kier molecular flexibility index (Phi) is 5.00. The number of piperidine rings is 1. The zero-order chi connectivity index (χ0) is 16.2. The summed E-state index contributed by atoms with van der Waals surface area (Å²) in [6, 6.07) is 3.65. The first-order valence-electron chi connectivity index (χ1n) is 8.22. The van der Waals surface area contributed by atoms with Gasteiger partial charge >= 0.3 is 0 Å². The number of hydrogen-bond donors (Lipinski definition) is 1. The van der Waals surface area contributed by atoms with Crippen molar-refractivity contribution in [1.29, 1.82) is 0 Å². The number of carbonyl (C=O) groups excluding carboxylic acids is 1. The minimum atomic E-state index is 0.00661. The molecule has 3 rings (SSSR count). The molecular formula is C16H22ClN5O. The zero-order valence-electron chi connectivity index (χ0n) is 13.3. The van der Waals surface area contributed by atoms with Gasteiger partial charge in [-0.3, -0.25) is 9.20 Å². The normalized spacial score (nSPS) is 18.3. The van der Waals surface area contributed by atoms with Crippen LogP contribution in [-0.4, -0.2) is 40.1 Å². The van der Waals surface area contributed by atoms with Gasteiger partial charge in [-0.1, -0.05) is 24.9 Å². The van der Waals surface area contributed by atoms with Crippen molar-refractivity contribution in [1.82, 2.24) is 19.9 Å².